The lowest BCUT2D eigenvalue weighted by atomic mass is 9.94. The van der Waals surface area contributed by atoms with Gasteiger partial charge in [0.1, 0.15) is 0 Å². The summed E-state index contributed by atoms with van der Waals surface area (Å²) in [7, 11) is 1.48. The van der Waals surface area contributed by atoms with Crippen LogP contribution in [0, 0.1) is 5.82 Å². The number of fused-ring (bicyclic) bond motifs is 1. The van der Waals surface area contributed by atoms with Crippen molar-refractivity contribution in [2.75, 3.05) is 7.11 Å². The summed E-state index contributed by atoms with van der Waals surface area (Å²) in [5, 5.41) is 5.71. The lowest BCUT2D eigenvalue weighted by molar-refractivity contribution is 0.385. The van der Waals surface area contributed by atoms with Gasteiger partial charge in [-0.2, -0.15) is 0 Å². The van der Waals surface area contributed by atoms with E-state index in [1.165, 1.54) is 30.4 Å². The number of nitrogens with one attached hydrogen (secondary N) is 1. The summed E-state index contributed by atoms with van der Waals surface area (Å²) in [5.74, 6) is -0.00166. The molecule has 0 spiro atoms. The maximum absolute atomic E-state index is 13.7. The van der Waals surface area contributed by atoms with E-state index in [9.17, 15) is 4.39 Å². The fourth-order valence-electron chi connectivity index (χ4n) is 2.76. The molecule has 0 radical (unpaired) electrons. The van der Waals surface area contributed by atoms with Gasteiger partial charge in [-0.1, -0.05) is 6.07 Å². The van der Waals surface area contributed by atoms with Crippen molar-refractivity contribution in [3.63, 3.8) is 0 Å². The Morgan fingerprint density at radius 1 is 1.40 bits per heavy atom. The zero-order valence-electron chi connectivity index (χ0n) is 11.5. The Balaban J connectivity index is 1.67. The maximum Gasteiger partial charge on any atom is 0.165 e. The fraction of sp³-hybridized carbons (Fsp3) is 0.375. The molecule has 1 aromatic heterocycles. The van der Waals surface area contributed by atoms with Crippen molar-refractivity contribution in [3.05, 3.63) is 51.5 Å². The number of rotatable bonds is 4. The second-order valence-corrected chi connectivity index (χ2v) is 6.09. The maximum atomic E-state index is 13.7. The zero-order chi connectivity index (χ0) is 13.9. The molecule has 1 aliphatic carbocycles. The number of aryl methyl sites for hydroxylation is 1. The molecular weight excluding hydrogens is 273 g/mol. The van der Waals surface area contributed by atoms with Crippen LogP contribution in [0.4, 0.5) is 4.39 Å². The van der Waals surface area contributed by atoms with Crippen LogP contribution < -0.4 is 10.1 Å². The molecule has 1 aliphatic rings. The van der Waals surface area contributed by atoms with E-state index < -0.39 is 0 Å². The van der Waals surface area contributed by atoms with Crippen LogP contribution in [0.2, 0.25) is 0 Å². The lowest BCUT2D eigenvalue weighted by Crippen LogP contribution is -2.23. The van der Waals surface area contributed by atoms with Gasteiger partial charge in [0.2, 0.25) is 0 Å². The Morgan fingerprint density at radius 3 is 3.10 bits per heavy atom. The number of benzene rings is 1. The van der Waals surface area contributed by atoms with E-state index in [1.807, 2.05) is 17.4 Å². The van der Waals surface area contributed by atoms with Crippen molar-refractivity contribution in [2.45, 2.75) is 31.8 Å². The molecule has 106 valence electrons. The number of methoxy groups -OCH3 is 1. The predicted octanol–water partition coefficient (Wildman–Crippen LogP) is 4.06. The quantitative estimate of drug-likeness (QED) is 0.917. The first-order valence-corrected chi connectivity index (χ1v) is 7.78. The third-order valence-electron chi connectivity index (χ3n) is 3.82. The topological polar surface area (TPSA) is 21.3 Å². The summed E-state index contributed by atoms with van der Waals surface area (Å²) < 4.78 is 18.6. The highest BCUT2D eigenvalue weighted by Gasteiger charge is 2.20. The van der Waals surface area contributed by atoms with Gasteiger partial charge in [-0.05, 0) is 54.0 Å². The second-order valence-electron chi connectivity index (χ2n) is 5.09. The molecule has 1 aromatic carbocycles. The summed E-state index contributed by atoms with van der Waals surface area (Å²) in [6, 6.07) is 7.75. The molecular formula is C16H18FNOS. The van der Waals surface area contributed by atoms with Crippen molar-refractivity contribution in [1.29, 1.82) is 0 Å². The van der Waals surface area contributed by atoms with Gasteiger partial charge in [-0.15, -0.1) is 11.3 Å². The van der Waals surface area contributed by atoms with Crippen LogP contribution in [-0.4, -0.2) is 7.11 Å². The van der Waals surface area contributed by atoms with Gasteiger partial charge in [-0.25, -0.2) is 4.39 Å². The van der Waals surface area contributed by atoms with E-state index in [1.54, 1.807) is 12.1 Å². The van der Waals surface area contributed by atoms with Crippen molar-refractivity contribution in [3.8, 4) is 5.75 Å². The highest BCUT2D eigenvalue weighted by Crippen LogP contribution is 2.33. The fourth-order valence-corrected chi connectivity index (χ4v) is 3.75. The normalized spacial score (nSPS) is 17.8. The minimum absolute atomic E-state index is 0.298. The molecule has 0 saturated heterocycles. The number of ether oxygens (including phenoxy) is 1. The minimum atomic E-state index is -0.299. The Bertz CT molecular complexity index is 596. The first-order chi connectivity index (χ1) is 9.78. The first kappa shape index (κ1) is 13.6. The van der Waals surface area contributed by atoms with Crippen molar-refractivity contribution >= 4 is 11.3 Å². The van der Waals surface area contributed by atoms with E-state index in [-0.39, 0.29) is 5.82 Å². The van der Waals surface area contributed by atoms with Gasteiger partial charge in [0.05, 0.1) is 7.11 Å². The standard InChI is InChI=1S/C16H18FNOS/c1-19-15-6-5-11(9-13(15)17)10-18-14-3-2-4-16-12(14)7-8-20-16/h5-9,14,18H,2-4,10H2,1H3. The summed E-state index contributed by atoms with van der Waals surface area (Å²) in [5.41, 5.74) is 2.38. The summed E-state index contributed by atoms with van der Waals surface area (Å²) in [4.78, 5) is 1.50. The van der Waals surface area contributed by atoms with Crippen LogP contribution in [0.1, 0.15) is 34.9 Å². The van der Waals surface area contributed by atoms with Gasteiger partial charge < -0.3 is 10.1 Å². The van der Waals surface area contributed by atoms with E-state index >= 15 is 0 Å². The Hall–Kier alpha value is -1.39. The van der Waals surface area contributed by atoms with Gasteiger partial charge in [0, 0.05) is 17.5 Å². The Kier molecular flexibility index (Phi) is 4.03. The molecule has 0 bridgehead atoms. The monoisotopic (exact) mass is 291 g/mol. The molecule has 0 amide bonds. The lowest BCUT2D eigenvalue weighted by Gasteiger charge is -2.24. The van der Waals surface area contributed by atoms with Gasteiger partial charge in [0.25, 0.3) is 0 Å². The van der Waals surface area contributed by atoms with E-state index in [0.717, 1.165) is 12.0 Å². The van der Waals surface area contributed by atoms with Crippen molar-refractivity contribution in [1.82, 2.24) is 5.32 Å². The highest BCUT2D eigenvalue weighted by atomic mass is 32.1. The molecule has 1 N–H and O–H groups in total. The largest absolute Gasteiger partial charge is 0.494 e. The average Bonchev–Trinajstić information content (AvgIpc) is 2.94. The van der Waals surface area contributed by atoms with Gasteiger partial charge in [-0.3, -0.25) is 0 Å². The molecule has 0 aliphatic heterocycles. The number of hydrogen-bond acceptors (Lipinski definition) is 3. The van der Waals surface area contributed by atoms with Crippen LogP contribution in [0.25, 0.3) is 0 Å². The zero-order valence-corrected chi connectivity index (χ0v) is 12.3. The SMILES string of the molecule is COc1ccc(CNC2CCCc3sccc32)cc1F. The molecule has 1 atom stereocenters. The molecule has 2 nitrogen and oxygen atoms in total. The summed E-state index contributed by atoms with van der Waals surface area (Å²) in [6.45, 7) is 0.681. The van der Waals surface area contributed by atoms with E-state index in [0.29, 0.717) is 18.3 Å². The minimum Gasteiger partial charge on any atom is -0.494 e. The summed E-state index contributed by atoms with van der Waals surface area (Å²) >= 11 is 1.84. The number of thiophene rings is 1. The molecule has 1 heterocycles. The van der Waals surface area contributed by atoms with Crippen LogP contribution in [0.15, 0.2) is 29.6 Å². The van der Waals surface area contributed by atoms with E-state index in [2.05, 4.69) is 16.8 Å². The number of halogens is 1. The Morgan fingerprint density at radius 2 is 2.30 bits per heavy atom. The molecule has 1 unspecified atom stereocenters. The van der Waals surface area contributed by atoms with Crippen LogP contribution >= 0.6 is 11.3 Å². The molecule has 2 aromatic rings. The van der Waals surface area contributed by atoms with Crippen LogP contribution in [0.5, 0.6) is 5.75 Å². The number of hydrogen-bond donors (Lipinski definition) is 1. The molecule has 20 heavy (non-hydrogen) atoms. The first-order valence-electron chi connectivity index (χ1n) is 6.90. The Labute approximate surface area is 122 Å². The third-order valence-corrected chi connectivity index (χ3v) is 4.82. The third kappa shape index (κ3) is 2.72. The van der Waals surface area contributed by atoms with Crippen LogP contribution in [0.3, 0.4) is 0 Å². The molecule has 4 heteroatoms. The van der Waals surface area contributed by atoms with E-state index in [4.69, 9.17) is 4.74 Å². The van der Waals surface area contributed by atoms with Gasteiger partial charge >= 0.3 is 0 Å². The molecule has 0 saturated carbocycles. The smallest absolute Gasteiger partial charge is 0.165 e. The van der Waals surface area contributed by atoms with Gasteiger partial charge in [0.15, 0.2) is 11.6 Å². The second kappa shape index (κ2) is 5.94. The predicted molar refractivity (Wildman–Crippen MR) is 79.8 cm³/mol. The van der Waals surface area contributed by atoms with Crippen molar-refractivity contribution in [2.24, 2.45) is 0 Å². The average molecular weight is 291 g/mol. The van der Waals surface area contributed by atoms with Crippen LogP contribution in [-0.2, 0) is 13.0 Å². The molecule has 3 rings (SSSR count). The summed E-state index contributed by atoms with van der Waals surface area (Å²) in [6.07, 6.45) is 3.58. The molecule has 0 fully saturated rings. The highest BCUT2D eigenvalue weighted by molar-refractivity contribution is 7.10. The van der Waals surface area contributed by atoms with Crippen molar-refractivity contribution < 1.29 is 9.13 Å².